The molecule has 3 rings (SSSR count). The molecule has 0 radical (unpaired) electrons. The monoisotopic (exact) mass is 407 g/mol. The average molecular weight is 407 g/mol. The van der Waals surface area contributed by atoms with Crippen LogP contribution < -0.4 is 5.32 Å². The summed E-state index contributed by atoms with van der Waals surface area (Å²) in [5.74, 6) is -1.57. The molecule has 8 nitrogen and oxygen atoms in total. The molecule has 0 saturated heterocycles. The van der Waals surface area contributed by atoms with Crippen LogP contribution in [0.5, 0.6) is 0 Å². The fourth-order valence-electron chi connectivity index (χ4n) is 2.67. The van der Waals surface area contributed by atoms with Gasteiger partial charge in [0.2, 0.25) is 0 Å². The fourth-order valence-corrected chi connectivity index (χ4v) is 2.67. The van der Waals surface area contributed by atoms with Gasteiger partial charge in [0.1, 0.15) is 0 Å². The van der Waals surface area contributed by atoms with E-state index in [0.717, 1.165) is 11.4 Å². The van der Waals surface area contributed by atoms with Gasteiger partial charge in [-0.3, -0.25) is 4.79 Å². The van der Waals surface area contributed by atoms with Crippen LogP contribution in [0.2, 0.25) is 0 Å². The van der Waals surface area contributed by atoms with Crippen LogP contribution in [0.25, 0.3) is 11.0 Å². The summed E-state index contributed by atoms with van der Waals surface area (Å²) in [6, 6.07) is 11.1. The summed E-state index contributed by atoms with van der Waals surface area (Å²) in [5, 5.41) is 2.60. The number of nitrogens with one attached hydrogen (secondary N) is 1. The second kappa shape index (κ2) is 9.13. The first-order valence-corrected chi connectivity index (χ1v) is 9.36. The number of amides is 1. The zero-order valence-corrected chi connectivity index (χ0v) is 16.9. The number of aryl methyl sites for hydroxylation is 2. The van der Waals surface area contributed by atoms with E-state index in [9.17, 15) is 14.4 Å². The van der Waals surface area contributed by atoms with Gasteiger partial charge in [-0.2, -0.15) is 0 Å². The number of carbonyl (C=O) groups is 3. The van der Waals surface area contributed by atoms with Crippen molar-refractivity contribution in [3.8, 4) is 0 Å². The zero-order chi connectivity index (χ0) is 21.7. The Labute approximate surface area is 173 Å². The number of nitrogens with zero attached hydrogens (tertiary/aromatic N) is 2. The van der Waals surface area contributed by atoms with E-state index in [1.54, 1.807) is 49.4 Å². The third kappa shape index (κ3) is 4.96. The Hall–Kier alpha value is -3.81. The first-order chi connectivity index (χ1) is 14.4. The van der Waals surface area contributed by atoms with Gasteiger partial charge in [-0.05, 0) is 63.2 Å². The number of carbonyl (C=O) groups excluding carboxylic acids is 3. The molecule has 1 amide bonds. The van der Waals surface area contributed by atoms with Gasteiger partial charge in [0, 0.05) is 5.69 Å². The molecule has 0 atom stereocenters. The summed E-state index contributed by atoms with van der Waals surface area (Å²) in [7, 11) is 0. The Kier molecular flexibility index (Phi) is 6.36. The SMILES string of the molecule is CCOC(=O)c1ccc(NC(=O)COC(=O)c2ccc3nc(C)c(C)nc3c2)cc1. The first kappa shape index (κ1) is 20.9. The van der Waals surface area contributed by atoms with Gasteiger partial charge < -0.3 is 14.8 Å². The lowest BCUT2D eigenvalue weighted by Gasteiger charge is -2.08. The quantitative estimate of drug-likeness (QED) is 0.625. The minimum Gasteiger partial charge on any atom is -0.462 e. The number of anilines is 1. The zero-order valence-electron chi connectivity index (χ0n) is 16.9. The highest BCUT2D eigenvalue weighted by atomic mass is 16.5. The van der Waals surface area contributed by atoms with Crippen molar-refractivity contribution in [3.05, 3.63) is 65.0 Å². The van der Waals surface area contributed by atoms with Crippen LogP contribution >= 0.6 is 0 Å². The maximum absolute atomic E-state index is 12.3. The van der Waals surface area contributed by atoms with Crippen LogP contribution in [0.15, 0.2) is 42.5 Å². The molecule has 1 heterocycles. The average Bonchev–Trinajstić information content (AvgIpc) is 2.73. The van der Waals surface area contributed by atoms with Crippen molar-refractivity contribution in [2.24, 2.45) is 0 Å². The predicted molar refractivity (Wildman–Crippen MR) is 110 cm³/mol. The van der Waals surface area contributed by atoms with E-state index in [1.807, 2.05) is 13.8 Å². The molecule has 3 aromatic rings. The lowest BCUT2D eigenvalue weighted by molar-refractivity contribution is -0.119. The lowest BCUT2D eigenvalue weighted by atomic mass is 10.2. The number of benzene rings is 2. The molecule has 0 aliphatic rings. The van der Waals surface area contributed by atoms with E-state index in [1.165, 1.54) is 0 Å². The van der Waals surface area contributed by atoms with Crippen molar-refractivity contribution in [1.82, 2.24) is 9.97 Å². The summed E-state index contributed by atoms with van der Waals surface area (Å²) in [6.45, 7) is 5.27. The molecule has 1 aromatic heterocycles. The van der Waals surface area contributed by atoms with Crippen molar-refractivity contribution < 1.29 is 23.9 Å². The van der Waals surface area contributed by atoms with E-state index in [4.69, 9.17) is 9.47 Å². The van der Waals surface area contributed by atoms with Gasteiger partial charge in [-0.15, -0.1) is 0 Å². The summed E-state index contributed by atoms with van der Waals surface area (Å²) < 4.78 is 9.99. The topological polar surface area (TPSA) is 107 Å². The number of esters is 2. The Morgan fingerprint density at radius 3 is 2.10 bits per heavy atom. The largest absolute Gasteiger partial charge is 0.462 e. The van der Waals surface area contributed by atoms with Crippen molar-refractivity contribution in [2.45, 2.75) is 20.8 Å². The molecule has 0 aliphatic carbocycles. The summed E-state index contributed by atoms with van der Waals surface area (Å²) >= 11 is 0. The molecule has 0 aliphatic heterocycles. The second-order valence-corrected chi connectivity index (χ2v) is 6.52. The van der Waals surface area contributed by atoms with Gasteiger partial charge in [-0.1, -0.05) is 0 Å². The van der Waals surface area contributed by atoms with Crippen molar-refractivity contribution >= 4 is 34.6 Å². The van der Waals surface area contributed by atoms with Crippen molar-refractivity contribution in [3.63, 3.8) is 0 Å². The Morgan fingerprint density at radius 2 is 1.43 bits per heavy atom. The maximum atomic E-state index is 12.3. The number of aromatic nitrogens is 2. The second-order valence-electron chi connectivity index (χ2n) is 6.52. The Balaban J connectivity index is 1.58. The van der Waals surface area contributed by atoms with E-state index >= 15 is 0 Å². The van der Waals surface area contributed by atoms with E-state index in [0.29, 0.717) is 22.3 Å². The third-order valence-corrected chi connectivity index (χ3v) is 4.33. The van der Waals surface area contributed by atoms with E-state index < -0.39 is 24.5 Å². The molecule has 0 saturated carbocycles. The maximum Gasteiger partial charge on any atom is 0.338 e. The van der Waals surface area contributed by atoms with Gasteiger partial charge in [0.15, 0.2) is 6.61 Å². The molecule has 0 unspecified atom stereocenters. The molecule has 154 valence electrons. The molecule has 0 fully saturated rings. The normalized spacial score (nSPS) is 10.5. The first-order valence-electron chi connectivity index (χ1n) is 9.36. The van der Waals surface area contributed by atoms with Crippen LogP contribution in [0.4, 0.5) is 5.69 Å². The summed E-state index contributed by atoms with van der Waals surface area (Å²) in [4.78, 5) is 44.8. The molecule has 30 heavy (non-hydrogen) atoms. The number of hydrogen-bond donors (Lipinski definition) is 1. The molecular formula is C22H21N3O5. The van der Waals surface area contributed by atoms with Crippen LogP contribution in [0.1, 0.15) is 39.0 Å². The van der Waals surface area contributed by atoms with Crippen LogP contribution in [0.3, 0.4) is 0 Å². The van der Waals surface area contributed by atoms with E-state index in [-0.39, 0.29) is 12.2 Å². The van der Waals surface area contributed by atoms with Crippen LogP contribution in [-0.2, 0) is 14.3 Å². The van der Waals surface area contributed by atoms with Gasteiger partial charge >= 0.3 is 11.9 Å². The van der Waals surface area contributed by atoms with Gasteiger partial charge in [0.05, 0.1) is 40.2 Å². The highest BCUT2D eigenvalue weighted by Gasteiger charge is 2.13. The number of hydrogen-bond acceptors (Lipinski definition) is 7. The van der Waals surface area contributed by atoms with Crippen molar-refractivity contribution in [1.29, 1.82) is 0 Å². The molecule has 2 aromatic carbocycles. The standard InChI is InChI=1S/C22H21N3O5/c1-4-29-21(27)15-5-8-17(9-6-15)25-20(26)12-30-22(28)16-7-10-18-19(11-16)24-14(3)13(2)23-18/h5-11H,4,12H2,1-3H3,(H,25,26). The Bertz CT molecular complexity index is 1110. The van der Waals surface area contributed by atoms with Crippen LogP contribution in [-0.4, -0.2) is 41.0 Å². The van der Waals surface area contributed by atoms with Gasteiger partial charge in [-0.25, -0.2) is 19.6 Å². The summed E-state index contributed by atoms with van der Waals surface area (Å²) in [6.07, 6.45) is 0. The molecule has 1 N–H and O–H groups in total. The highest BCUT2D eigenvalue weighted by Crippen LogP contribution is 2.15. The molecule has 0 spiro atoms. The number of fused-ring (bicyclic) bond motifs is 1. The lowest BCUT2D eigenvalue weighted by Crippen LogP contribution is -2.21. The number of rotatable bonds is 6. The van der Waals surface area contributed by atoms with Crippen LogP contribution in [0, 0.1) is 13.8 Å². The third-order valence-electron chi connectivity index (χ3n) is 4.33. The highest BCUT2D eigenvalue weighted by molar-refractivity contribution is 5.97. The minimum atomic E-state index is -0.635. The Morgan fingerprint density at radius 1 is 0.833 bits per heavy atom. The molecule has 8 heteroatoms. The minimum absolute atomic E-state index is 0.283. The molecular weight excluding hydrogens is 386 g/mol. The molecule has 0 bridgehead atoms. The number of ether oxygens (including phenoxy) is 2. The van der Waals surface area contributed by atoms with E-state index in [2.05, 4.69) is 15.3 Å². The van der Waals surface area contributed by atoms with Gasteiger partial charge in [0.25, 0.3) is 5.91 Å². The summed E-state index contributed by atoms with van der Waals surface area (Å²) in [5.41, 5.74) is 4.00. The van der Waals surface area contributed by atoms with Crippen molar-refractivity contribution in [2.75, 3.05) is 18.5 Å². The predicted octanol–water partition coefficient (Wildman–Crippen LogP) is 3.22. The smallest absolute Gasteiger partial charge is 0.338 e. The fraction of sp³-hybridized carbons (Fsp3) is 0.227.